The first kappa shape index (κ1) is 68.2. The lowest BCUT2D eigenvalue weighted by Crippen LogP contribution is -2.30. The summed E-state index contributed by atoms with van der Waals surface area (Å²) < 4.78 is 16.9. The molecule has 0 rings (SSSR count). The maximum Gasteiger partial charge on any atom is 0.306 e. The maximum atomic E-state index is 12.9. The standard InChI is InChI=1S/C64H122O6/c1-4-7-10-13-16-19-22-25-27-28-29-30-31-32-33-34-35-36-37-40-42-45-48-51-54-57-63(66)69-60-61(59-68-62(65)56-53-50-47-44-41-38-24-21-18-15-12-9-6-3)70-64(67)58-55-52-49-46-43-39-26-23-20-17-14-11-8-5-2/h21,24,61H,4-20,22-23,25-60H2,1-3H3/b24-21-. The highest BCUT2D eigenvalue weighted by Crippen LogP contribution is 2.18. The Hall–Kier alpha value is -1.85. The number of hydrogen-bond donors (Lipinski definition) is 0. The molecule has 0 amide bonds. The summed E-state index contributed by atoms with van der Waals surface area (Å²) in [4.78, 5) is 38.2. The molecule has 0 aromatic heterocycles. The first-order valence-electron chi connectivity index (χ1n) is 31.7. The van der Waals surface area contributed by atoms with Gasteiger partial charge in [-0.25, -0.2) is 0 Å². The number of rotatable bonds is 59. The zero-order valence-corrected chi connectivity index (χ0v) is 47.6. The lowest BCUT2D eigenvalue weighted by Gasteiger charge is -2.18. The van der Waals surface area contributed by atoms with Crippen LogP contribution in [0.25, 0.3) is 0 Å². The van der Waals surface area contributed by atoms with E-state index in [2.05, 4.69) is 32.9 Å². The smallest absolute Gasteiger partial charge is 0.306 e. The van der Waals surface area contributed by atoms with E-state index in [-0.39, 0.29) is 31.1 Å². The molecular formula is C64H122O6. The Labute approximate surface area is 437 Å². The number of hydrogen-bond acceptors (Lipinski definition) is 6. The van der Waals surface area contributed by atoms with Crippen molar-refractivity contribution >= 4 is 17.9 Å². The van der Waals surface area contributed by atoms with Gasteiger partial charge in [-0.05, 0) is 44.9 Å². The van der Waals surface area contributed by atoms with Crippen LogP contribution in [-0.4, -0.2) is 37.2 Å². The maximum absolute atomic E-state index is 12.9. The van der Waals surface area contributed by atoms with Gasteiger partial charge < -0.3 is 14.2 Å². The Balaban J connectivity index is 4.18. The van der Waals surface area contributed by atoms with Crippen LogP contribution in [-0.2, 0) is 28.6 Å². The summed E-state index contributed by atoms with van der Waals surface area (Å²) in [6.45, 7) is 6.69. The molecule has 0 aromatic carbocycles. The molecule has 0 N–H and O–H groups in total. The van der Waals surface area contributed by atoms with Gasteiger partial charge in [-0.3, -0.25) is 14.4 Å². The number of carbonyl (C=O) groups is 3. The fourth-order valence-electron chi connectivity index (χ4n) is 9.74. The Morgan fingerprint density at radius 3 is 0.729 bits per heavy atom. The fraction of sp³-hybridized carbons (Fsp3) is 0.922. The average Bonchev–Trinajstić information content (AvgIpc) is 3.36. The molecule has 414 valence electrons. The van der Waals surface area contributed by atoms with Gasteiger partial charge in [-0.2, -0.15) is 0 Å². The summed E-state index contributed by atoms with van der Waals surface area (Å²) in [6, 6.07) is 0. The minimum Gasteiger partial charge on any atom is -0.462 e. The van der Waals surface area contributed by atoms with E-state index in [1.165, 1.54) is 257 Å². The molecular weight excluding hydrogens is 865 g/mol. The lowest BCUT2D eigenvalue weighted by molar-refractivity contribution is -0.167. The molecule has 0 aromatic rings. The molecule has 0 saturated carbocycles. The average molecular weight is 988 g/mol. The summed E-state index contributed by atoms with van der Waals surface area (Å²) in [5.41, 5.74) is 0. The topological polar surface area (TPSA) is 78.9 Å². The van der Waals surface area contributed by atoms with Crippen LogP contribution in [0.3, 0.4) is 0 Å². The molecule has 0 spiro atoms. The molecule has 0 fully saturated rings. The quantitative estimate of drug-likeness (QED) is 0.0261. The highest BCUT2D eigenvalue weighted by Gasteiger charge is 2.19. The molecule has 6 heteroatoms. The minimum atomic E-state index is -0.768. The summed E-state index contributed by atoms with van der Waals surface area (Å²) in [5.74, 6) is -0.848. The van der Waals surface area contributed by atoms with Crippen molar-refractivity contribution in [3.05, 3.63) is 12.2 Å². The number of ether oxygens (including phenoxy) is 3. The van der Waals surface area contributed by atoms with Gasteiger partial charge >= 0.3 is 17.9 Å². The van der Waals surface area contributed by atoms with Crippen molar-refractivity contribution in [3.8, 4) is 0 Å². The minimum absolute atomic E-state index is 0.0663. The summed E-state index contributed by atoms with van der Waals surface area (Å²) >= 11 is 0. The number of esters is 3. The second-order valence-corrected chi connectivity index (χ2v) is 21.7. The van der Waals surface area contributed by atoms with Crippen molar-refractivity contribution in [3.63, 3.8) is 0 Å². The molecule has 6 nitrogen and oxygen atoms in total. The van der Waals surface area contributed by atoms with E-state index in [1.54, 1.807) is 0 Å². The van der Waals surface area contributed by atoms with Gasteiger partial charge in [0.1, 0.15) is 13.2 Å². The van der Waals surface area contributed by atoms with Crippen molar-refractivity contribution < 1.29 is 28.6 Å². The van der Waals surface area contributed by atoms with Gasteiger partial charge in [0.25, 0.3) is 0 Å². The highest BCUT2D eigenvalue weighted by atomic mass is 16.6. The van der Waals surface area contributed by atoms with Crippen molar-refractivity contribution in [1.29, 1.82) is 0 Å². The molecule has 0 radical (unpaired) electrons. The molecule has 70 heavy (non-hydrogen) atoms. The van der Waals surface area contributed by atoms with E-state index < -0.39 is 6.10 Å². The van der Waals surface area contributed by atoms with E-state index in [9.17, 15) is 14.4 Å². The zero-order chi connectivity index (χ0) is 50.7. The van der Waals surface area contributed by atoms with Crippen LogP contribution in [0.2, 0.25) is 0 Å². The monoisotopic (exact) mass is 987 g/mol. The van der Waals surface area contributed by atoms with E-state index in [1.807, 2.05) is 0 Å². The van der Waals surface area contributed by atoms with Crippen LogP contribution in [0.4, 0.5) is 0 Å². The molecule has 1 unspecified atom stereocenters. The van der Waals surface area contributed by atoms with E-state index >= 15 is 0 Å². The predicted molar refractivity (Wildman–Crippen MR) is 303 cm³/mol. The van der Waals surface area contributed by atoms with Crippen LogP contribution in [0, 0.1) is 0 Å². The summed E-state index contributed by atoms with van der Waals surface area (Å²) in [6.07, 6.45) is 69.4. The summed E-state index contributed by atoms with van der Waals surface area (Å²) in [5, 5.41) is 0. The number of allylic oxidation sites excluding steroid dienone is 2. The molecule has 0 saturated heterocycles. The lowest BCUT2D eigenvalue weighted by atomic mass is 10.0. The first-order valence-corrected chi connectivity index (χ1v) is 31.7. The fourth-order valence-corrected chi connectivity index (χ4v) is 9.74. The Morgan fingerprint density at radius 2 is 0.471 bits per heavy atom. The SMILES string of the molecule is CCCCCC/C=C\CCCCCCCC(=O)OCC(COC(=O)CCCCCCCCCCCCCCCCCCCCCCCCCCC)OC(=O)CCCCCCCCCCCCCCCC. The molecule has 0 bridgehead atoms. The van der Waals surface area contributed by atoms with Crippen molar-refractivity contribution in [2.45, 2.75) is 367 Å². The van der Waals surface area contributed by atoms with Crippen molar-refractivity contribution in [2.75, 3.05) is 13.2 Å². The first-order chi connectivity index (χ1) is 34.5. The van der Waals surface area contributed by atoms with Gasteiger partial charge in [-0.15, -0.1) is 0 Å². The van der Waals surface area contributed by atoms with Gasteiger partial charge in [0.2, 0.25) is 0 Å². The third-order valence-corrected chi connectivity index (χ3v) is 14.5. The van der Waals surface area contributed by atoms with Gasteiger partial charge in [0.15, 0.2) is 6.10 Å². The van der Waals surface area contributed by atoms with Crippen LogP contribution >= 0.6 is 0 Å². The Bertz CT molecular complexity index is 1090. The molecule has 0 aliphatic carbocycles. The van der Waals surface area contributed by atoms with E-state index in [0.717, 1.165) is 64.2 Å². The van der Waals surface area contributed by atoms with Crippen molar-refractivity contribution in [1.82, 2.24) is 0 Å². The van der Waals surface area contributed by atoms with E-state index in [0.29, 0.717) is 19.3 Å². The molecule has 1 atom stereocenters. The molecule has 0 aliphatic rings. The molecule has 0 aliphatic heterocycles. The molecule has 0 heterocycles. The Kier molecular flexibility index (Phi) is 58.1. The number of unbranched alkanes of at least 4 members (excludes halogenated alkanes) is 46. The van der Waals surface area contributed by atoms with Crippen LogP contribution in [0.15, 0.2) is 12.2 Å². The normalized spacial score (nSPS) is 12.0. The second kappa shape index (κ2) is 59.7. The summed E-state index contributed by atoms with van der Waals surface area (Å²) in [7, 11) is 0. The largest absolute Gasteiger partial charge is 0.462 e. The van der Waals surface area contributed by atoms with Crippen LogP contribution < -0.4 is 0 Å². The van der Waals surface area contributed by atoms with E-state index in [4.69, 9.17) is 14.2 Å². The van der Waals surface area contributed by atoms with Gasteiger partial charge in [-0.1, -0.05) is 309 Å². The van der Waals surface area contributed by atoms with Crippen molar-refractivity contribution in [2.24, 2.45) is 0 Å². The van der Waals surface area contributed by atoms with Crippen LogP contribution in [0.5, 0.6) is 0 Å². The Morgan fingerprint density at radius 1 is 0.271 bits per heavy atom. The second-order valence-electron chi connectivity index (χ2n) is 21.7. The van der Waals surface area contributed by atoms with Crippen LogP contribution in [0.1, 0.15) is 361 Å². The van der Waals surface area contributed by atoms with Gasteiger partial charge in [0, 0.05) is 19.3 Å². The third-order valence-electron chi connectivity index (χ3n) is 14.5. The number of carbonyl (C=O) groups excluding carboxylic acids is 3. The highest BCUT2D eigenvalue weighted by molar-refractivity contribution is 5.71. The third kappa shape index (κ3) is 57.1. The zero-order valence-electron chi connectivity index (χ0n) is 47.6. The predicted octanol–water partition coefficient (Wildman–Crippen LogP) is 21.3. The van der Waals surface area contributed by atoms with Gasteiger partial charge in [0.05, 0.1) is 0 Å².